The molecule has 0 atom stereocenters. The highest BCUT2D eigenvalue weighted by Crippen LogP contribution is 2.30. The molecule has 0 aromatic heterocycles. The predicted molar refractivity (Wildman–Crippen MR) is 81.1 cm³/mol. The number of aliphatic hydroxyl groups is 1. The summed E-state index contributed by atoms with van der Waals surface area (Å²) in [5.41, 5.74) is 0.866. The number of halogens is 1. The Balaban J connectivity index is 2.01. The van der Waals surface area contributed by atoms with Crippen molar-refractivity contribution in [1.29, 1.82) is 0 Å². The molecule has 0 spiro atoms. The Hall–Kier alpha value is -1.68. The Morgan fingerprint density at radius 2 is 1.90 bits per heavy atom. The highest BCUT2D eigenvalue weighted by molar-refractivity contribution is 5.94. The average Bonchev–Trinajstić information content (AvgIpc) is 2.85. The summed E-state index contributed by atoms with van der Waals surface area (Å²) in [6, 6.07) is 6.06. The van der Waals surface area contributed by atoms with E-state index in [2.05, 4.69) is 0 Å². The van der Waals surface area contributed by atoms with Crippen LogP contribution in [0.2, 0.25) is 0 Å². The third kappa shape index (κ3) is 4.14. The lowest BCUT2D eigenvalue weighted by Crippen LogP contribution is -2.41. The van der Waals surface area contributed by atoms with Crippen LogP contribution in [0.1, 0.15) is 38.2 Å². The molecule has 0 bridgehead atoms. The smallest absolute Gasteiger partial charge is 0.246 e. The molecule has 1 aliphatic carbocycles. The number of hydrogen-bond acceptors (Lipinski definition) is 2. The van der Waals surface area contributed by atoms with Crippen LogP contribution in [0.3, 0.4) is 0 Å². The quantitative estimate of drug-likeness (QED) is 0.866. The minimum absolute atomic E-state index is 0.142. The molecule has 1 saturated carbocycles. The number of nitrogens with zero attached hydrogens (tertiary/aromatic N) is 1. The van der Waals surface area contributed by atoms with E-state index in [1.807, 2.05) is 6.92 Å². The molecule has 0 unspecified atom stereocenters. The van der Waals surface area contributed by atoms with Crippen molar-refractivity contribution < 1.29 is 14.3 Å². The van der Waals surface area contributed by atoms with E-state index >= 15 is 0 Å². The van der Waals surface area contributed by atoms with Crippen LogP contribution in [0.4, 0.5) is 4.39 Å². The van der Waals surface area contributed by atoms with Crippen molar-refractivity contribution >= 4 is 11.5 Å². The van der Waals surface area contributed by atoms with Gasteiger partial charge in [-0.3, -0.25) is 4.79 Å². The fourth-order valence-electron chi connectivity index (χ4n) is 2.80. The molecule has 1 aliphatic rings. The molecule has 2 rings (SSSR count). The van der Waals surface area contributed by atoms with Crippen molar-refractivity contribution in [3.05, 3.63) is 41.7 Å². The van der Waals surface area contributed by atoms with Gasteiger partial charge in [-0.05, 0) is 43.0 Å². The van der Waals surface area contributed by atoms with Crippen LogP contribution in [0.15, 0.2) is 30.3 Å². The summed E-state index contributed by atoms with van der Waals surface area (Å²) in [7, 11) is 1.70. The minimum atomic E-state index is -0.734. The van der Waals surface area contributed by atoms with Crippen LogP contribution in [0, 0.1) is 5.82 Å². The standard InChI is InChI=1S/C17H22FNO2/c1-13(14-5-7-15(18)8-6-14)11-16(20)19(2)12-17(21)9-3-4-10-17/h5-8,11,21H,3-4,9-10,12H2,1-2H3/b13-11-. The van der Waals surface area contributed by atoms with Gasteiger partial charge in [-0.2, -0.15) is 0 Å². The Bertz CT molecular complexity index is 530. The monoisotopic (exact) mass is 291 g/mol. The van der Waals surface area contributed by atoms with Gasteiger partial charge in [0.05, 0.1) is 5.60 Å². The van der Waals surface area contributed by atoms with Gasteiger partial charge in [-0.25, -0.2) is 4.39 Å². The predicted octanol–water partition coefficient (Wildman–Crippen LogP) is 2.99. The second-order valence-corrected chi connectivity index (χ2v) is 5.96. The third-order valence-corrected chi connectivity index (χ3v) is 4.08. The van der Waals surface area contributed by atoms with Crippen LogP contribution < -0.4 is 0 Å². The molecule has 1 amide bonds. The van der Waals surface area contributed by atoms with Gasteiger partial charge in [0.15, 0.2) is 0 Å². The van der Waals surface area contributed by atoms with Crippen molar-refractivity contribution in [1.82, 2.24) is 4.90 Å². The normalized spacial score (nSPS) is 17.8. The Morgan fingerprint density at radius 1 is 1.33 bits per heavy atom. The van der Waals surface area contributed by atoms with Crippen LogP contribution in [0.5, 0.6) is 0 Å². The number of carbonyl (C=O) groups excluding carboxylic acids is 1. The highest BCUT2D eigenvalue weighted by Gasteiger charge is 2.33. The zero-order chi connectivity index (χ0) is 15.5. The van der Waals surface area contributed by atoms with Crippen LogP contribution in [-0.2, 0) is 4.79 Å². The summed E-state index contributed by atoms with van der Waals surface area (Å²) in [6.45, 7) is 2.18. The molecule has 1 fully saturated rings. The molecule has 0 aliphatic heterocycles. The summed E-state index contributed by atoms with van der Waals surface area (Å²) in [4.78, 5) is 13.7. The molecule has 1 aromatic carbocycles. The summed E-state index contributed by atoms with van der Waals surface area (Å²) in [5.74, 6) is -0.435. The van der Waals surface area contributed by atoms with Crippen molar-refractivity contribution in [2.75, 3.05) is 13.6 Å². The molecule has 21 heavy (non-hydrogen) atoms. The van der Waals surface area contributed by atoms with Gasteiger partial charge in [0.2, 0.25) is 5.91 Å². The molecule has 0 radical (unpaired) electrons. The van der Waals surface area contributed by atoms with Gasteiger partial charge in [-0.1, -0.05) is 25.0 Å². The number of amides is 1. The maximum atomic E-state index is 12.9. The first kappa shape index (κ1) is 15.7. The van der Waals surface area contributed by atoms with Crippen molar-refractivity contribution in [2.24, 2.45) is 0 Å². The summed E-state index contributed by atoms with van der Waals surface area (Å²) in [5, 5.41) is 10.3. The van der Waals surface area contributed by atoms with Crippen molar-refractivity contribution in [3.8, 4) is 0 Å². The van der Waals surface area contributed by atoms with Crippen molar-refractivity contribution in [3.63, 3.8) is 0 Å². The van der Waals surface area contributed by atoms with Gasteiger partial charge in [0.1, 0.15) is 5.82 Å². The van der Waals surface area contributed by atoms with Gasteiger partial charge in [0.25, 0.3) is 0 Å². The molecule has 4 heteroatoms. The van der Waals surface area contributed by atoms with E-state index in [1.165, 1.54) is 18.2 Å². The zero-order valence-corrected chi connectivity index (χ0v) is 12.6. The summed E-state index contributed by atoms with van der Waals surface area (Å²) >= 11 is 0. The first-order valence-corrected chi connectivity index (χ1v) is 7.31. The summed E-state index contributed by atoms with van der Waals surface area (Å²) < 4.78 is 12.9. The molecule has 0 heterocycles. The van der Waals surface area contributed by atoms with E-state index in [4.69, 9.17) is 0 Å². The van der Waals surface area contributed by atoms with E-state index in [-0.39, 0.29) is 11.7 Å². The van der Waals surface area contributed by atoms with Crippen LogP contribution in [-0.4, -0.2) is 35.1 Å². The Kier molecular flexibility index (Phi) is 4.78. The fraction of sp³-hybridized carbons (Fsp3) is 0.471. The lowest BCUT2D eigenvalue weighted by molar-refractivity contribution is -0.127. The largest absolute Gasteiger partial charge is 0.388 e. The first-order valence-electron chi connectivity index (χ1n) is 7.31. The third-order valence-electron chi connectivity index (χ3n) is 4.08. The molecule has 114 valence electrons. The van der Waals surface area contributed by atoms with Crippen LogP contribution in [0.25, 0.3) is 5.57 Å². The topological polar surface area (TPSA) is 40.5 Å². The molecule has 1 aromatic rings. The number of likely N-dealkylation sites (N-methyl/N-ethyl adjacent to an activating group) is 1. The molecular formula is C17H22FNO2. The van der Waals surface area contributed by atoms with E-state index in [9.17, 15) is 14.3 Å². The molecule has 0 saturated heterocycles. The SMILES string of the molecule is C/C(=C/C(=O)N(C)CC1(O)CCCC1)c1ccc(F)cc1. The number of rotatable bonds is 4. The lowest BCUT2D eigenvalue weighted by atomic mass is 10.0. The van der Waals surface area contributed by atoms with Gasteiger partial charge in [0, 0.05) is 19.7 Å². The van der Waals surface area contributed by atoms with E-state index in [0.717, 1.165) is 36.8 Å². The van der Waals surface area contributed by atoms with Gasteiger partial charge >= 0.3 is 0 Å². The van der Waals surface area contributed by atoms with E-state index in [0.29, 0.717) is 6.54 Å². The average molecular weight is 291 g/mol. The van der Waals surface area contributed by atoms with E-state index in [1.54, 1.807) is 24.1 Å². The summed E-state index contributed by atoms with van der Waals surface area (Å²) in [6.07, 6.45) is 5.08. The fourth-order valence-corrected chi connectivity index (χ4v) is 2.80. The highest BCUT2D eigenvalue weighted by atomic mass is 19.1. The number of carbonyl (C=O) groups is 1. The zero-order valence-electron chi connectivity index (χ0n) is 12.6. The van der Waals surface area contributed by atoms with Crippen LogP contribution >= 0.6 is 0 Å². The van der Waals surface area contributed by atoms with Gasteiger partial charge in [-0.15, -0.1) is 0 Å². The maximum absolute atomic E-state index is 12.9. The number of benzene rings is 1. The Morgan fingerprint density at radius 3 is 2.48 bits per heavy atom. The minimum Gasteiger partial charge on any atom is -0.388 e. The molecule has 1 N–H and O–H groups in total. The first-order chi connectivity index (χ1) is 9.89. The van der Waals surface area contributed by atoms with Crippen molar-refractivity contribution in [2.45, 2.75) is 38.2 Å². The van der Waals surface area contributed by atoms with E-state index < -0.39 is 5.60 Å². The lowest BCUT2D eigenvalue weighted by Gasteiger charge is -2.28. The molecular weight excluding hydrogens is 269 g/mol. The Labute approximate surface area is 125 Å². The number of allylic oxidation sites excluding steroid dienone is 1. The van der Waals surface area contributed by atoms with Gasteiger partial charge < -0.3 is 10.0 Å². The maximum Gasteiger partial charge on any atom is 0.246 e. The second-order valence-electron chi connectivity index (χ2n) is 5.96. The molecule has 3 nitrogen and oxygen atoms in total. The second kappa shape index (κ2) is 6.39. The number of hydrogen-bond donors (Lipinski definition) is 1.